The smallest absolute Gasteiger partial charge is 0.269 e. The zero-order valence-electron chi connectivity index (χ0n) is 11.4. The predicted octanol–water partition coefficient (Wildman–Crippen LogP) is 3.23. The summed E-state index contributed by atoms with van der Waals surface area (Å²) in [4.78, 5) is 22.6. The van der Waals surface area contributed by atoms with Crippen LogP contribution in [0.3, 0.4) is 0 Å². The van der Waals surface area contributed by atoms with Crippen molar-refractivity contribution >= 4 is 11.5 Å². The summed E-state index contributed by atoms with van der Waals surface area (Å²) in [5, 5.41) is 10.8. The van der Waals surface area contributed by atoms with Crippen LogP contribution < -0.4 is 0 Å². The van der Waals surface area contributed by atoms with Crippen LogP contribution in [0.2, 0.25) is 0 Å². The molecule has 0 unspecified atom stereocenters. The average Bonchev–Trinajstić information content (AvgIpc) is 3.28. The minimum absolute atomic E-state index is 0.00420. The van der Waals surface area contributed by atoms with Gasteiger partial charge in [0.15, 0.2) is 11.9 Å². The number of aryl methyl sites for hydroxylation is 1. The van der Waals surface area contributed by atoms with Crippen LogP contribution in [0.25, 0.3) is 0 Å². The lowest BCUT2D eigenvalue weighted by molar-refractivity contribution is -0.384. The molecule has 106 valence electrons. The number of nitrogens with zero attached hydrogens (tertiary/aromatic N) is 1. The normalized spacial score (nSPS) is 20.0. The van der Waals surface area contributed by atoms with Gasteiger partial charge in [0.1, 0.15) is 6.10 Å². The highest BCUT2D eigenvalue weighted by Crippen LogP contribution is 2.41. The monoisotopic (exact) mass is 283 g/mol. The van der Waals surface area contributed by atoms with E-state index in [-0.39, 0.29) is 11.5 Å². The summed E-state index contributed by atoms with van der Waals surface area (Å²) < 4.78 is 5.41. The van der Waals surface area contributed by atoms with Gasteiger partial charge in [-0.25, -0.2) is 0 Å². The van der Waals surface area contributed by atoms with E-state index in [0.29, 0.717) is 11.1 Å². The van der Waals surface area contributed by atoms with E-state index in [9.17, 15) is 14.9 Å². The lowest BCUT2D eigenvalue weighted by Gasteiger charge is -1.99. The second-order valence-corrected chi connectivity index (χ2v) is 5.06. The number of hydrogen-bond donors (Lipinski definition) is 0. The largest absolute Gasteiger partial charge is 0.356 e. The highest BCUT2D eigenvalue weighted by molar-refractivity contribution is 6.01. The van der Waals surface area contributed by atoms with E-state index in [1.54, 1.807) is 24.3 Å². The molecule has 0 amide bonds. The molecule has 1 saturated heterocycles. The number of benzene rings is 2. The first-order chi connectivity index (χ1) is 10.1. The Balaban J connectivity index is 1.77. The number of ketones is 1. The Morgan fingerprint density at radius 3 is 2.57 bits per heavy atom. The van der Waals surface area contributed by atoms with Gasteiger partial charge in [0, 0.05) is 17.7 Å². The number of nitro groups is 1. The van der Waals surface area contributed by atoms with Gasteiger partial charge < -0.3 is 4.74 Å². The van der Waals surface area contributed by atoms with E-state index >= 15 is 0 Å². The van der Waals surface area contributed by atoms with Crippen molar-refractivity contribution in [3.05, 3.63) is 75.3 Å². The maximum absolute atomic E-state index is 12.3. The summed E-state index contributed by atoms with van der Waals surface area (Å²) in [6.07, 6.45) is -0.937. The Morgan fingerprint density at radius 2 is 1.90 bits per heavy atom. The standard InChI is InChI=1S/C16H13NO4/c1-10-5-7-11(8-6-10)14(18)16-15(21-16)12-3-2-4-13(9-12)17(19)20/h2-9,15-16H,1H3/t15-,16+/m0/s1. The molecule has 3 rings (SSSR count). The number of epoxide rings is 1. The molecule has 2 aromatic carbocycles. The maximum atomic E-state index is 12.3. The van der Waals surface area contributed by atoms with E-state index in [2.05, 4.69) is 0 Å². The molecule has 0 radical (unpaired) electrons. The number of Topliss-reactive ketones (excluding diaryl/α,β-unsaturated/α-hetero) is 1. The molecule has 1 aliphatic heterocycles. The fourth-order valence-corrected chi connectivity index (χ4v) is 2.26. The maximum Gasteiger partial charge on any atom is 0.269 e. The number of hydrogen-bond acceptors (Lipinski definition) is 4. The highest BCUT2D eigenvalue weighted by atomic mass is 16.6. The van der Waals surface area contributed by atoms with Crippen LogP contribution in [0.4, 0.5) is 5.69 Å². The molecule has 1 fully saturated rings. The van der Waals surface area contributed by atoms with Crippen LogP contribution in [-0.2, 0) is 4.74 Å². The van der Waals surface area contributed by atoms with Gasteiger partial charge in [-0.2, -0.15) is 0 Å². The van der Waals surface area contributed by atoms with Gasteiger partial charge in [-0.05, 0) is 12.5 Å². The topological polar surface area (TPSA) is 72.7 Å². The van der Waals surface area contributed by atoms with Crippen LogP contribution in [0.1, 0.15) is 27.6 Å². The molecule has 2 aromatic rings. The van der Waals surface area contributed by atoms with Crippen molar-refractivity contribution in [3.63, 3.8) is 0 Å². The van der Waals surface area contributed by atoms with E-state index in [4.69, 9.17) is 4.74 Å². The van der Waals surface area contributed by atoms with Crippen molar-refractivity contribution in [2.45, 2.75) is 19.1 Å². The molecule has 2 atom stereocenters. The third kappa shape index (κ3) is 2.68. The van der Waals surface area contributed by atoms with Crippen molar-refractivity contribution in [3.8, 4) is 0 Å². The SMILES string of the molecule is Cc1ccc(C(=O)[C@H]2O[C@H]2c2cccc([N+](=O)[O-])c2)cc1. The fraction of sp³-hybridized carbons (Fsp3) is 0.188. The van der Waals surface area contributed by atoms with E-state index in [1.807, 2.05) is 19.1 Å². The highest BCUT2D eigenvalue weighted by Gasteiger charge is 2.46. The molecule has 0 N–H and O–H groups in total. The van der Waals surface area contributed by atoms with Gasteiger partial charge in [-0.3, -0.25) is 14.9 Å². The molecule has 0 saturated carbocycles. The molecule has 1 heterocycles. The molecule has 5 nitrogen and oxygen atoms in total. The molecular weight excluding hydrogens is 270 g/mol. The predicted molar refractivity (Wildman–Crippen MR) is 76.2 cm³/mol. The molecule has 1 aliphatic rings. The minimum atomic E-state index is -0.547. The molecule has 0 aliphatic carbocycles. The summed E-state index contributed by atoms with van der Waals surface area (Å²) in [5.41, 5.74) is 2.34. The zero-order valence-corrected chi connectivity index (χ0v) is 11.4. The fourth-order valence-electron chi connectivity index (χ4n) is 2.26. The lowest BCUT2D eigenvalue weighted by atomic mass is 10.0. The van der Waals surface area contributed by atoms with Gasteiger partial charge >= 0.3 is 0 Å². The Morgan fingerprint density at radius 1 is 1.19 bits per heavy atom. The second kappa shape index (κ2) is 5.10. The first-order valence-electron chi connectivity index (χ1n) is 6.57. The van der Waals surface area contributed by atoms with Gasteiger partial charge in [-0.15, -0.1) is 0 Å². The Kier molecular flexibility index (Phi) is 3.27. The third-order valence-electron chi connectivity index (χ3n) is 3.50. The Labute approximate surface area is 121 Å². The van der Waals surface area contributed by atoms with Crippen LogP contribution >= 0.6 is 0 Å². The van der Waals surface area contributed by atoms with Gasteiger partial charge in [0.2, 0.25) is 0 Å². The summed E-state index contributed by atoms with van der Waals surface area (Å²) in [7, 11) is 0. The Bertz CT molecular complexity index is 708. The van der Waals surface area contributed by atoms with Crippen LogP contribution in [0.5, 0.6) is 0 Å². The average molecular weight is 283 g/mol. The summed E-state index contributed by atoms with van der Waals surface area (Å²) in [6, 6.07) is 13.5. The van der Waals surface area contributed by atoms with Crippen LogP contribution in [0.15, 0.2) is 48.5 Å². The van der Waals surface area contributed by atoms with Crippen molar-refractivity contribution in [1.82, 2.24) is 0 Å². The molecule has 5 heteroatoms. The zero-order chi connectivity index (χ0) is 15.0. The molecule has 0 spiro atoms. The molecular formula is C16H13NO4. The molecule has 0 bridgehead atoms. The first-order valence-corrected chi connectivity index (χ1v) is 6.57. The summed E-state index contributed by atoms with van der Waals surface area (Å²) >= 11 is 0. The summed E-state index contributed by atoms with van der Waals surface area (Å²) in [6.45, 7) is 1.95. The quantitative estimate of drug-likeness (QED) is 0.374. The third-order valence-corrected chi connectivity index (χ3v) is 3.50. The van der Waals surface area contributed by atoms with Crippen LogP contribution in [-0.4, -0.2) is 16.8 Å². The van der Waals surface area contributed by atoms with Crippen molar-refractivity contribution in [2.24, 2.45) is 0 Å². The van der Waals surface area contributed by atoms with E-state index in [0.717, 1.165) is 5.56 Å². The van der Waals surface area contributed by atoms with E-state index in [1.165, 1.54) is 12.1 Å². The number of nitro benzene ring substituents is 1. The van der Waals surface area contributed by atoms with Gasteiger partial charge in [-0.1, -0.05) is 42.0 Å². The van der Waals surface area contributed by atoms with Gasteiger partial charge in [0.25, 0.3) is 5.69 Å². The number of rotatable bonds is 4. The van der Waals surface area contributed by atoms with Crippen molar-refractivity contribution in [1.29, 1.82) is 0 Å². The molecule has 0 aromatic heterocycles. The second-order valence-electron chi connectivity index (χ2n) is 5.06. The molecule has 21 heavy (non-hydrogen) atoms. The van der Waals surface area contributed by atoms with Gasteiger partial charge in [0.05, 0.1) is 4.92 Å². The van der Waals surface area contributed by atoms with E-state index < -0.39 is 17.1 Å². The van der Waals surface area contributed by atoms with Crippen LogP contribution in [0, 0.1) is 17.0 Å². The first kappa shape index (κ1) is 13.5. The number of carbonyl (C=O) groups is 1. The number of non-ortho nitro benzene ring substituents is 1. The van der Waals surface area contributed by atoms with Crippen molar-refractivity contribution in [2.75, 3.05) is 0 Å². The lowest BCUT2D eigenvalue weighted by Crippen LogP contribution is -2.08. The van der Waals surface area contributed by atoms with Crippen molar-refractivity contribution < 1.29 is 14.5 Å². The minimum Gasteiger partial charge on any atom is -0.356 e. The number of carbonyl (C=O) groups excluding carboxylic acids is 1. The number of ether oxygens (including phenoxy) is 1. The summed E-state index contributed by atoms with van der Waals surface area (Å²) in [5.74, 6) is -0.0912. The Hall–Kier alpha value is -2.53.